The van der Waals surface area contributed by atoms with Crippen molar-refractivity contribution in [3.63, 3.8) is 0 Å². The van der Waals surface area contributed by atoms with E-state index < -0.39 is 5.60 Å². The number of hydrogen-bond donors (Lipinski definition) is 1. The molecule has 1 aromatic carbocycles. The molecular formula is C15H22O2. The van der Waals surface area contributed by atoms with Gasteiger partial charge >= 0.3 is 0 Å². The number of carbonyl (C=O) groups is 1. The third-order valence-electron chi connectivity index (χ3n) is 3.24. The lowest BCUT2D eigenvalue weighted by Crippen LogP contribution is -2.38. The van der Waals surface area contributed by atoms with Gasteiger partial charge in [-0.25, -0.2) is 0 Å². The van der Waals surface area contributed by atoms with Crippen LogP contribution in [-0.2, 0) is 0 Å². The van der Waals surface area contributed by atoms with Crippen LogP contribution in [0.25, 0.3) is 0 Å². The minimum absolute atomic E-state index is 0.142. The van der Waals surface area contributed by atoms with Crippen LogP contribution < -0.4 is 0 Å². The SMILES string of the molecule is CCCCCC(O)(CC)C(=O)c1ccccc1. The minimum atomic E-state index is -1.18. The van der Waals surface area contributed by atoms with Crippen LogP contribution in [0.2, 0.25) is 0 Å². The van der Waals surface area contributed by atoms with Gasteiger partial charge < -0.3 is 5.11 Å². The van der Waals surface area contributed by atoms with Crippen LogP contribution in [0.1, 0.15) is 56.3 Å². The number of rotatable bonds is 7. The van der Waals surface area contributed by atoms with Crippen LogP contribution in [-0.4, -0.2) is 16.5 Å². The predicted molar refractivity (Wildman–Crippen MR) is 70.2 cm³/mol. The Hall–Kier alpha value is -1.15. The van der Waals surface area contributed by atoms with Crippen LogP contribution in [0, 0.1) is 0 Å². The Labute approximate surface area is 104 Å². The van der Waals surface area contributed by atoms with Gasteiger partial charge in [0.1, 0.15) is 5.60 Å². The van der Waals surface area contributed by atoms with Crippen molar-refractivity contribution in [2.24, 2.45) is 0 Å². The molecule has 2 heteroatoms. The van der Waals surface area contributed by atoms with E-state index in [0.717, 1.165) is 19.3 Å². The highest BCUT2D eigenvalue weighted by molar-refractivity contribution is 6.02. The monoisotopic (exact) mass is 234 g/mol. The van der Waals surface area contributed by atoms with E-state index in [0.29, 0.717) is 18.4 Å². The molecule has 0 aliphatic rings. The average Bonchev–Trinajstić information content (AvgIpc) is 2.39. The lowest BCUT2D eigenvalue weighted by atomic mass is 9.85. The van der Waals surface area contributed by atoms with Gasteiger partial charge in [-0.3, -0.25) is 4.79 Å². The van der Waals surface area contributed by atoms with Crippen LogP contribution in [0.4, 0.5) is 0 Å². The van der Waals surface area contributed by atoms with E-state index in [1.807, 2.05) is 25.1 Å². The van der Waals surface area contributed by atoms with E-state index in [9.17, 15) is 9.90 Å². The molecule has 1 N–H and O–H groups in total. The Bertz CT molecular complexity index is 345. The summed E-state index contributed by atoms with van der Waals surface area (Å²) in [6.45, 7) is 3.98. The van der Waals surface area contributed by atoms with Gasteiger partial charge in [0.25, 0.3) is 0 Å². The zero-order chi connectivity index (χ0) is 12.7. The summed E-state index contributed by atoms with van der Waals surface area (Å²) in [7, 11) is 0. The third-order valence-corrected chi connectivity index (χ3v) is 3.24. The molecule has 0 aromatic heterocycles. The Morgan fingerprint density at radius 3 is 2.35 bits per heavy atom. The summed E-state index contributed by atoms with van der Waals surface area (Å²) in [6.07, 6.45) is 4.10. The van der Waals surface area contributed by atoms with Crippen molar-refractivity contribution in [3.8, 4) is 0 Å². The second-order valence-electron chi connectivity index (χ2n) is 4.54. The molecule has 0 bridgehead atoms. The summed E-state index contributed by atoms with van der Waals surface area (Å²) < 4.78 is 0. The molecule has 1 unspecified atom stereocenters. The van der Waals surface area contributed by atoms with Gasteiger partial charge in [-0.2, -0.15) is 0 Å². The highest BCUT2D eigenvalue weighted by Gasteiger charge is 2.33. The molecule has 0 radical (unpaired) electrons. The molecule has 0 spiro atoms. The molecule has 0 saturated heterocycles. The fourth-order valence-corrected chi connectivity index (χ4v) is 1.98. The topological polar surface area (TPSA) is 37.3 Å². The van der Waals surface area contributed by atoms with E-state index in [4.69, 9.17) is 0 Å². The number of Topliss-reactive ketones (excluding diaryl/α,β-unsaturated/α-hetero) is 1. The maximum absolute atomic E-state index is 12.2. The molecule has 1 rings (SSSR count). The lowest BCUT2D eigenvalue weighted by Gasteiger charge is -2.25. The number of carbonyl (C=O) groups excluding carboxylic acids is 1. The van der Waals surface area contributed by atoms with Gasteiger partial charge in [0.15, 0.2) is 5.78 Å². The molecule has 1 atom stereocenters. The second kappa shape index (κ2) is 6.55. The fourth-order valence-electron chi connectivity index (χ4n) is 1.98. The maximum atomic E-state index is 12.2. The second-order valence-corrected chi connectivity index (χ2v) is 4.54. The molecule has 2 nitrogen and oxygen atoms in total. The van der Waals surface area contributed by atoms with Crippen molar-refractivity contribution < 1.29 is 9.90 Å². The van der Waals surface area contributed by atoms with Crippen molar-refractivity contribution in [3.05, 3.63) is 35.9 Å². The van der Waals surface area contributed by atoms with Gasteiger partial charge in [-0.15, -0.1) is 0 Å². The molecule has 94 valence electrons. The summed E-state index contributed by atoms with van der Waals surface area (Å²) in [6, 6.07) is 9.06. The third kappa shape index (κ3) is 3.67. The quantitative estimate of drug-likeness (QED) is 0.578. The normalized spacial score (nSPS) is 14.3. The number of benzene rings is 1. The average molecular weight is 234 g/mol. The summed E-state index contributed by atoms with van der Waals surface area (Å²) in [5, 5.41) is 10.4. The lowest BCUT2D eigenvalue weighted by molar-refractivity contribution is 0.0238. The number of hydrogen-bond acceptors (Lipinski definition) is 2. The van der Waals surface area contributed by atoms with Crippen LogP contribution in [0.5, 0.6) is 0 Å². The van der Waals surface area contributed by atoms with E-state index in [2.05, 4.69) is 6.92 Å². The van der Waals surface area contributed by atoms with Crippen molar-refractivity contribution in [1.29, 1.82) is 0 Å². The largest absolute Gasteiger partial charge is 0.382 e. The number of ketones is 1. The first kappa shape index (κ1) is 13.9. The summed E-state index contributed by atoms with van der Waals surface area (Å²) in [4.78, 5) is 12.2. The molecule has 1 aromatic rings. The van der Waals surface area contributed by atoms with Crippen molar-refractivity contribution >= 4 is 5.78 Å². The van der Waals surface area contributed by atoms with Crippen LogP contribution >= 0.6 is 0 Å². The summed E-state index contributed by atoms with van der Waals surface area (Å²) in [5.74, 6) is -0.142. The first-order chi connectivity index (χ1) is 8.14. The van der Waals surface area contributed by atoms with Gasteiger partial charge in [-0.05, 0) is 12.8 Å². The maximum Gasteiger partial charge on any atom is 0.194 e. The van der Waals surface area contributed by atoms with Crippen LogP contribution in [0.15, 0.2) is 30.3 Å². The Kier molecular flexibility index (Phi) is 5.36. The smallest absolute Gasteiger partial charge is 0.194 e. The number of aliphatic hydroxyl groups is 1. The van der Waals surface area contributed by atoms with Gasteiger partial charge in [0.05, 0.1) is 0 Å². The molecule has 0 saturated carbocycles. The van der Waals surface area contributed by atoms with Gasteiger partial charge in [-0.1, -0.05) is 63.4 Å². The summed E-state index contributed by atoms with van der Waals surface area (Å²) in [5.41, 5.74) is -0.579. The molecule has 0 aliphatic carbocycles. The minimum Gasteiger partial charge on any atom is -0.382 e. The first-order valence-corrected chi connectivity index (χ1v) is 6.46. The van der Waals surface area contributed by atoms with E-state index in [1.54, 1.807) is 12.1 Å². The van der Waals surface area contributed by atoms with Gasteiger partial charge in [0, 0.05) is 5.56 Å². The Balaban J connectivity index is 2.75. The van der Waals surface area contributed by atoms with E-state index in [1.165, 1.54) is 0 Å². The highest BCUT2D eigenvalue weighted by atomic mass is 16.3. The Morgan fingerprint density at radius 2 is 1.82 bits per heavy atom. The van der Waals surface area contributed by atoms with E-state index in [-0.39, 0.29) is 5.78 Å². The molecular weight excluding hydrogens is 212 g/mol. The molecule has 0 fully saturated rings. The van der Waals surface area contributed by atoms with Gasteiger partial charge in [0.2, 0.25) is 0 Å². The fraction of sp³-hybridized carbons (Fsp3) is 0.533. The summed E-state index contributed by atoms with van der Waals surface area (Å²) >= 11 is 0. The molecule has 0 heterocycles. The van der Waals surface area contributed by atoms with E-state index >= 15 is 0 Å². The molecule has 0 amide bonds. The van der Waals surface area contributed by atoms with Crippen molar-refractivity contribution in [2.45, 2.75) is 51.6 Å². The molecule has 0 aliphatic heterocycles. The highest BCUT2D eigenvalue weighted by Crippen LogP contribution is 2.24. The standard InChI is InChI=1S/C15H22O2/c1-3-5-9-12-15(17,4-2)14(16)13-10-7-6-8-11-13/h6-8,10-11,17H,3-5,9,12H2,1-2H3. The Morgan fingerprint density at radius 1 is 1.18 bits per heavy atom. The zero-order valence-corrected chi connectivity index (χ0v) is 10.8. The van der Waals surface area contributed by atoms with Crippen LogP contribution in [0.3, 0.4) is 0 Å². The zero-order valence-electron chi connectivity index (χ0n) is 10.8. The molecule has 17 heavy (non-hydrogen) atoms. The van der Waals surface area contributed by atoms with Crippen molar-refractivity contribution in [2.75, 3.05) is 0 Å². The predicted octanol–water partition coefficient (Wildman–Crippen LogP) is 3.59. The first-order valence-electron chi connectivity index (χ1n) is 6.46. The van der Waals surface area contributed by atoms with Crippen molar-refractivity contribution in [1.82, 2.24) is 0 Å². The number of unbranched alkanes of at least 4 members (excludes halogenated alkanes) is 2.